The zero-order valence-corrected chi connectivity index (χ0v) is 11.7. The lowest BCUT2D eigenvalue weighted by Crippen LogP contribution is -2.41. The van der Waals surface area contributed by atoms with Gasteiger partial charge < -0.3 is 30.3 Å². The molecule has 0 spiro atoms. The van der Waals surface area contributed by atoms with Crippen molar-refractivity contribution in [2.24, 2.45) is 0 Å². The monoisotopic (exact) mass is 290 g/mol. The van der Waals surface area contributed by atoms with Crippen molar-refractivity contribution in [2.45, 2.75) is 38.1 Å². The van der Waals surface area contributed by atoms with Gasteiger partial charge in [0.25, 0.3) is 0 Å². The quantitative estimate of drug-likeness (QED) is 0.457. The number of aliphatic hydroxyl groups is 2. The topological polar surface area (TPSA) is 117 Å². The minimum absolute atomic E-state index is 0.130. The maximum absolute atomic E-state index is 10.5. The summed E-state index contributed by atoms with van der Waals surface area (Å²) in [7, 11) is 0. The number of rotatable bonds is 2. The van der Waals surface area contributed by atoms with E-state index in [2.05, 4.69) is 10.6 Å². The fourth-order valence-electron chi connectivity index (χ4n) is 1.88. The molecular formula is C12H22N2O6. The van der Waals surface area contributed by atoms with Crippen LogP contribution in [0.15, 0.2) is 0 Å². The number of carbonyl (C=O) groups excluding carboxylic acids is 2. The summed E-state index contributed by atoms with van der Waals surface area (Å²) in [6.07, 6.45) is -1.08. The Morgan fingerprint density at radius 1 is 0.850 bits per heavy atom. The third kappa shape index (κ3) is 5.83. The van der Waals surface area contributed by atoms with Crippen LogP contribution in [-0.4, -0.2) is 72.7 Å². The lowest BCUT2D eigenvalue weighted by molar-refractivity contribution is -0.121. The van der Waals surface area contributed by atoms with Crippen molar-refractivity contribution in [3.05, 3.63) is 0 Å². The molecule has 20 heavy (non-hydrogen) atoms. The summed E-state index contributed by atoms with van der Waals surface area (Å²) in [5, 5.41) is 23.4. The van der Waals surface area contributed by atoms with Gasteiger partial charge in [-0.05, 0) is 0 Å². The summed E-state index contributed by atoms with van der Waals surface area (Å²) in [5.41, 5.74) is 0. The second-order valence-electron chi connectivity index (χ2n) is 4.82. The van der Waals surface area contributed by atoms with E-state index in [0.717, 1.165) is 0 Å². The number of nitrogens with one attached hydrogen (secondary N) is 2. The highest BCUT2D eigenvalue weighted by Gasteiger charge is 2.26. The van der Waals surface area contributed by atoms with Gasteiger partial charge in [-0.15, -0.1) is 0 Å². The zero-order chi connectivity index (χ0) is 15.1. The van der Waals surface area contributed by atoms with Gasteiger partial charge in [0.1, 0.15) is 0 Å². The van der Waals surface area contributed by atoms with Gasteiger partial charge in [-0.25, -0.2) is 0 Å². The van der Waals surface area contributed by atoms with Crippen LogP contribution in [0.2, 0.25) is 0 Å². The molecule has 4 N–H and O–H groups in total. The van der Waals surface area contributed by atoms with Gasteiger partial charge in [-0.3, -0.25) is 9.59 Å². The van der Waals surface area contributed by atoms with E-state index in [9.17, 15) is 9.59 Å². The number of carbonyl (C=O) groups is 2. The van der Waals surface area contributed by atoms with E-state index in [4.69, 9.17) is 19.7 Å². The molecule has 0 saturated carbocycles. The van der Waals surface area contributed by atoms with Crippen LogP contribution in [0.4, 0.5) is 0 Å². The molecule has 8 heteroatoms. The summed E-state index contributed by atoms with van der Waals surface area (Å²) in [6.45, 7) is 4.33. The normalized spacial score (nSPS) is 32.2. The maximum atomic E-state index is 10.5. The molecule has 0 aliphatic carbocycles. The molecule has 2 amide bonds. The van der Waals surface area contributed by atoms with E-state index in [1.54, 1.807) is 0 Å². The Hall–Kier alpha value is -1.22. The SMILES string of the molecule is CC(=O)N[C@@H]1COC[C@@H]1O.CC(=O)N[C@H]1COC[C@H]1O. The lowest BCUT2D eigenvalue weighted by atomic mass is 10.2. The van der Waals surface area contributed by atoms with Gasteiger partial charge >= 0.3 is 0 Å². The Kier molecular flexibility index (Phi) is 6.86. The molecule has 0 radical (unpaired) electrons. The minimum atomic E-state index is -0.538. The van der Waals surface area contributed by atoms with Crippen LogP contribution < -0.4 is 10.6 Å². The molecule has 2 fully saturated rings. The molecule has 116 valence electrons. The molecule has 2 heterocycles. The molecule has 8 nitrogen and oxygen atoms in total. The summed E-state index contributed by atoms with van der Waals surface area (Å²) in [6, 6.07) is -0.421. The highest BCUT2D eigenvalue weighted by atomic mass is 16.5. The minimum Gasteiger partial charge on any atom is -0.388 e. The fraction of sp³-hybridized carbons (Fsp3) is 0.833. The van der Waals surface area contributed by atoms with Crippen molar-refractivity contribution in [3.63, 3.8) is 0 Å². The van der Waals surface area contributed by atoms with Crippen LogP contribution >= 0.6 is 0 Å². The van der Waals surface area contributed by atoms with E-state index in [1.807, 2.05) is 0 Å². The van der Waals surface area contributed by atoms with Crippen molar-refractivity contribution in [1.82, 2.24) is 10.6 Å². The van der Waals surface area contributed by atoms with Crippen LogP contribution in [0, 0.1) is 0 Å². The smallest absolute Gasteiger partial charge is 0.217 e. The average Bonchev–Trinajstić information content (AvgIpc) is 2.90. The predicted octanol–water partition coefficient (Wildman–Crippen LogP) is -2.24. The largest absolute Gasteiger partial charge is 0.388 e. The van der Waals surface area contributed by atoms with Crippen molar-refractivity contribution in [3.8, 4) is 0 Å². The Labute approximate surface area is 117 Å². The van der Waals surface area contributed by atoms with E-state index in [0.29, 0.717) is 26.4 Å². The Bertz CT molecular complexity index is 306. The molecule has 0 unspecified atom stereocenters. The molecule has 2 aliphatic heterocycles. The zero-order valence-electron chi connectivity index (χ0n) is 11.7. The van der Waals surface area contributed by atoms with Gasteiger partial charge in [0.2, 0.25) is 11.8 Å². The summed E-state index contributed by atoms with van der Waals surface area (Å²) in [4.78, 5) is 20.9. The van der Waals surface area contributed by atoms with E-state index < -0.39 is 12.2 Å². The number of amides is 2. The predicted molar refractivity (Wildman–Crippen MR) is 68.9 cm³/mol. The molecule has 2 saturated heterocycles. The van der Waals surface area contributed by atoms with Gasteiger partial charge in [-0.2, -0.15) is 0 Å². The lowest BCUT2D eigenvalue weighted by Gasteiger charge is -2.11. The number of aliphatic hydroxyl groups excluding tert-OH is 2. The third-order valence-corrected chi connectivity index (χ3v) is 2.88. The standard InChI is InChI=1S/2C6H11NO3/c2*1-4(8)7-5-2-10-3-6(5)9/h2*5-6,9H,2-3H2,1H3,(H,7,8)/t2*5-,6+/m10/s1. The highest BCUT2D eigenvalue weighted by Crippen LogP contribution is 2.04. The van der Waals surface area contributed by atoms with Crippen LogP contribution in [0.1, 0.15) is 13.8 Å². The summed E-state index contributed by atoms with van der Waals surface area (Å²) in [5.74, 6) is -0.260. The first-order chi connectivity index (χ1) is 9.40. The molecule has 4 atom stereocenters. The van der Waals surface area contributed by atoms with Crippen LogP contribution in [-0.2, 0) is 19.1 Å². The molecule has 0 bridgehead atoms. The van der Waals surface area contributed by atoms with Crippen molar-refractivity contribution in [2.75, 3.05) is 26.4 Å². The van der Waals surface area contributed by atoms with Crippen LogP contribution in [0.25, 0.3) is 0 Å². The molecule has 2 rings (SSSR count). The maximum Gasteiger partial charge on any atom is 0.217 e. The summed E-state index contributed by atoms with van der Waals surface area (Å²) < 4.78 is 9.81. The van der Waals surface area contributed by atoms with Crippen molar-refractivity contribution >= 4 is 11.8 Å². The van der Waals surface area contributed by atoms with E-state index in [-0.39, 0.29) is 23.9 Å². The molecular weight excluding hydrogens is 268 g/mol. The molecule has 2 aliphatic rings. The second-order valence-corrected chi connectivity index (χ2v) is 4.82. The summed E-state index contributed by atoms with van der Waals surface area (Å²) >= 11 is 0. The molecule has 0 aromatic carbocycles. The molecule has 0 aromatic rings. The first-order valence-corrected chi connectivity index (χ1v) is 6.46. The van der Waals surface area contributed by atoms with Crippen LogP contribution in [0.5, 0.6) is 0 Å². The Morgan fingerprint density at radius 2 is 1.20 bits per heavy atom. The fourth-order valence-corrected chi connectivity index (χ4v) is 1.88. The Balaban J connectivity index is 0.000000200. The van der Waals surface area contributed by atoms with E-state index in [1.165, 1.54) is 13.8 Å². The number of hydrogen-bond donors (Lipinski definition) is 4. The van der Waals surface area contributed by atoms with E-state index >= 15 is 0 Å². The molecule has 0 aromatic heterocycles. The third-order valence-electron chi connectivity index (χ3n) is 2.88. The van der Waals surface area contributed by atoms with Gasteiger partial charge in [0, 0.05) is 13.8 Å². The highest BCUT2D eigenvalue weighted by molar-refractivity contribution is 5.73. The Morgan fingerprint density at radius 3 is 1.40 bits per heavy atom. The number of hydrogen-bond acceptors (Lipinski definition) is 6. The first kappa shape index (κ1) is 16.8. The number of ether oxygens (including phenoxy) is 2. The van der Waals surface area contributed by atoms with Gasteiger partial charge in [0.05, 0.1) is 50.7 Å². The second kappa shape index (κ2) is 8.15. The first-order valence-electron chi connectivity index (χ1n) is 6.46. The van der Waals surface area contributed by atoms with Gasteiger partial charge in [0.15, 0.2) is 0 Å². The average molecular weight is 290 g/mol. The van der Waals surface area contributed by atoms with Crippen molar-refractivity contribution < 1.29 is 29.3 Å². The van der Waals surface area contributed by atoms with Gasteiger partial charge in [-0.1, -0.05) is 0 Å². The van der Waals surface area contributed by atoms with Crippen molar-refractivity contribution in [1.29, 1.82) is 0 Å². The van der Waals surface area contributed by atoms with Crippen LogP contribution in [0.3, 0.4) is 0 Å².